The molecule has 1 fully saturated rings. The summed E-state index contributed by atoms with van der Waals surface area (Å²) in [6.45, 7) is 3.34. The van der Waals surface area contributed by atoms with Crippen molar-refractivity contribution >= 4 is 11.6 Å². The Morgan fingerprint density at radius 1 is 0.930 bits per heavy atom. The summed E-state index contributed by atoms with van der Waals surface area (Å²) >= 11 is 0. The minimum absolute atomic E-state index is 0.0424. The Hall–Kier alpha value is -4.62. The molecule has 0 aliphatic carbocycles. The summed E-state index contributed by atoms with van der Waals surface area (Å²) in [5, 5.41) is 3.34. The molecule has 0 bridgehead atoms. The highest BCUT2D eigenvalue weighted by Crippen LogP contribution is 2.33. The van der Waals surface area contributed by atoms with Crippen LogP contribution in [0.4, 0.5) is 0 Å². The highest BCUT2D eigenvalue weighted by Gasteiger charge is 2.26. The second kappa shape index (κ2) is 13.6. The summed E-state index contributed by atoms with van der Waals surface area (Å²) in [6.07, 6.45) is 6.05. The van der Waals surface area contributed by atoms with Gasteiger partial charge in [0, 0.05) is 50.4 Å². The molecule has 6 rings (SSSR count). The molecule has 43 heavy (non-hydrogen) atoms. The standard InChI is InChI=1S/C36H38N4O3/c1-42-31-15-8-14-29(22-31)32(23-35(41)38-30-17-20-39(21-18-30)25-27-10-4-2-5-11-27)33-24-37-36-34(16-9-19-40(33)36)43-26-28-12-6-3-7-13-28/h2-16,19,22,24,30,32H,17-18,20-21,23,25-26H2,1H3,(H,38,41). The first kappa shape index (κ1) is 28.5. The molecule has 0 radical (unpaired) electrons. The molecule has 1 atom stereocenters. The first-order valence-electron chi connectivity index (χ1n) is 15.0. The van der Waals surface area contributed by atoms with Crippen molar-refractivity contribution in [3.05, 3.63) is 132 Å². The van der Waals surface area contributed by atoms with Gasteiger partial charge in [-0.25, -0.2) is 4.98 Å². The first-order valence-corrected chi connectivity index (χ1v) is 15.0. The highest BCUT2D eigenvalue weighted by atomic mass is 16.5. The van der Waals surface area contributed by atoms with Crippen LogP contribution < -0.4 is 14.8 Å². The Kier molecular flexibility index (Phi) is 8.99. The van der Waals surface area contributed by atoms with Crippen molar-refractivity contribution in [1.82, 2.24) is 19.6 Å². The molecule has 3 heterocycles. The number of imidazole rings is 1. The Morgan fingerprint density at radius 3 is 2.42 bits per heavy atom. The molecular formula is C36H38N4O3. The lowest BCUT2D eigenvalue weighted by Gasteiger charge is -2.32. The fourth-order valence-electron chi connectivity index (χ4n) is 5.91. The van der Waals surface area contributed by atoms with Crippen LogP contribution in [0.15, 0.2) is 109 Å². The van der Waals surface area contributed by atoms with E-state index < -0.39 is 0 Å². The molecule has 7 nitrogen and oxygen atoms in total. The zero-order valence-corrected chi connectivity index (χ0v) is 24.6. The molecule has 220 valence electrons. The number of ether oxygens (including phenoxy) is 2. The Morgan fingerprint density at radius 2 is 1.67 bits per heavy atom. The predicted molar refractivity (Wildman–Crippen MR) is 168 cm³/mol. The smallest absolute Gasteiger partial charge is 0.221 e. The Bertz CT molecular complexity index is 1630. The van der Waals surface area contributed by atoms with E-state index in [-0.39, 0.29) is 17.9 Å². The third-order valence-electron chi connectivity index (χ3n) is 8.21. The van der Waals surface area contributed by atoms with Crippen LogP contribution in [0.25, 0.3) is 5.65 Å². The number of methoxy groups -OCH3 is 1. The number of aromatic nitrogens is 2. The third-order valence-corrected chi connectivity index (χ3v) is 8.21. The van der Waals surface area contributed by atoms with Crippen LogP contribution in [0.3, 0.4) is 0 Å². The van der Waals surface area contributed by atoms with Crippen molar-refractivity contribution < 1.29 is 14.3 Å². The van der Waals surface area contributed by atoms with E-state index in [0.29, 0.717) is 18.8 Å². The van der Waals surface area contributed by atoms with E-state index in [1.54, 1.807) is 7.11 Å². The quantitative estimate of drug-likeness (QED) is 0.203. The van der Waals surface area contributed by atoms with Crippen LogP contribution in [0.5, 0.6) is 11.5 Å². The van der Waals surface area contributed by atoms with Gasteiger partial charge in [0.05, 0.1) is 12.8 Å². The number of hydrogen-bond acceptors (Lipinski definition) is 5. The van der Waals surface area contributed by atoms with E-state index in [2.05, 4.69) is 46.6 Å². The molecule has 3 aromatic carbocycles. The molecule has 1 N–H and O–H groups in total. The van der Waals surface area contributed by atoms with Crippen LogP contribution in [-0.4, -0.2) is 46.4 Å². The van der Waals surface area contributed by atoms with Gasteiger partial charge in [0.15, 0.2) is 11.4 Å². The number of amides is 1. The lowest BCUT2D eigenvalue weighted by atomic mass is 9.91. The summed E-state index contributed by atoms with van der Waals surface area (Å²) in [5.74, 6) is 1.29. The van der Waals surface area contributed by atoms with Gasteiger partial charge in [0.25, 0.3) is 0 Å². The Balaban J connectivity index is 1.18. The molecule has 1 saturated heterocycles. The van der Waals surface area contributed by atoms with Gasteiger partial charge in [-0.3, -0.25) is 9.69 Å². The minimum Gasteiger partial charge on any atom is -0.497 e. The topological polar surface area (TPSA) is 68.1 Å². The molecule has 0 spiro atoms. The van der Waals surface area contributed by atoms with Gasteiger partial charge in [-0.05, 0) is 53.8 Å². The lowest BCUT2D eigenvalue weighted by molar-refractivity contribution is -0.122. The fourth-order valence-corrected chi connectivity index (χ4v) is 5.91. The summed E-state index contributed by atoms with van der Waals surface area (Å²) in [6, 6.07) is 32.7. The van der Waals surface area contributed by atoms with E-state index in [1.165, 1.54) is 5.56 Å². The number of carbonyl (C=O) groups is 1. The fraction of sp³-hybridized carbons (Fsp3) is 0.278. The molecular weight excluding hydrogens is 536 g/mol. The zero-order valence-electron chi connectivity index (χ0n) is 24.6. The summed E-state index contributed by atoms with van der Waals surface area (Å²) < 4.78 is 13.8. The van der Waals surface area contributed by atoms with E-state index in [4.69, 9.17) is 14.5 Å². The first-order chi connectivity index (χ1) is 21.2. The average Bonchev–Trinajstić information content (AvgIpc) is 3.49. The second-order valence-corrected chi connectivity index (χ2v) is 11.2. The number of nitrogens with one attached hydrogen (secondary N) is 1. The van der Waals surface area contributed by atoms with E-state index in [0.717, 1.165) is 60.7 Å². The van der Waals surface area contributed by atoms with Gasteiger partial charge >= 0.3 is 0 Å². The highest BCUT2D eigenvalue weighted by molar-refractivity contribution is 5.78. The summed E-state index contributed by atoms with van der Waals surface area (Å²) in [7, 11) is 1.66. The number of benzene rings is 3. The van der Waals surface area contributed by atoms with Crippen LogP contribution >= 0.6 is 0 Å². The number of pyridine rings is 1. The minimum atomic E-state index is -0.215. The van der Waals surface area contributed by atoms with Gasteiger partial charge in [-0.2, -0.15) is 0 Å². The molecule has 5 aromatic rings. The van der Waals surface area contributed by atoms with Gasteiger partial charge in [-0.1, -0.05) is 72.8 Å². The number of hydrogen-bond donors (Lipinski definition) is 1. The van der Waals surface area contributed by atoms with Crippen molar-refractivity contribution in [1.29, 1.82) is 0 Å². The van der Waals surface area contributed by atoms with Crippen molar-refractivity contribution in [2.45, 2.75) is 44.4 Å². The molecule has 1 unspecified atom stereocenters. The van der Waals surface area contributed by atoms with Crippen LogP contribution in [-0.2, 0) is 17.9 Å². The van der Waals surface area contributed by atoms with Gasteiger partial charge in [0.2, 0.25) is 5.91 Å². The molecule has 0 saturated carbocycles. The lowest BCUT2D eigenvalue weighted by Crippen LogP contribution is -2.44. The maximum atomic E-state index is 13.6. The molecule has 7 heteroatoms. The predicted octanol–water partition coefficient (Wildman–Crippen LogP) is 6.22. The van der Waals surface area contributed by atoms with Crippen molar-refractivity contribution in [3.8, 4) is 11.5 Å². The number of rotatable bonds is 11. The molecule has 1 aliphatic rings. The average molecular weight is 575 g/mol. The number of likely N-dealkylation sites (tertiary alicyclic amines) is 1. The second-order valence-electron chi connectivity index (χ2n) is 11.2. The van der Waals surface area contributed by atoms with Crippen molar-refractivity contribution in [3.63, 3.8) is 0 Å². The van der Waals surface area contributed by atoms with E-state index in [1.807, 2.05) is 77.5 Å². The monoisotopic (exact) mass is 574 g/mol. The number of fused-ring (bicyclic) bond motifs is 1. The van der Waals surface area contributed by atoms with E-state index in [9.17, 15) is 4.79 Å². The maximum absolute atomic E-state index is 13.6. The third kappa shape index (κ3) is 7.07. The van der Waals surface area contributed by atoms with E-state index >= 15 is 0 Å². The Labute approximate surface area is 253 Å². The number of nitrogens with zero attached hydrogens (tertiary/aromatic N) is 3. The van der Waals surface area contributed by atoms with Gasteiger partial charge in [-0.15, -0.1) is 0 Å². The van der Waals surface area contributed by atoms with Crippen LogP contribution in [0, 0.1) is 0 Å². The normalized spacial score (nSPS) is 14.8. The SMILES string of the molecule is COc1cccc(C(CC(=O)NC2CCN(Cc3ccccc3)CC2)c2cnc3c(OCc4ccccc4)cccn23)c1. The molecule has 2 aromatic heterocycles. The van der Waals surface area contributed by atoms with Gasteiger partial charge in [0.1, 0.15) is 12.4 Å². The number of piperidine rings is 1. The summed E-state index contributed by atoms with van der Waals surface area (Å²) in [5.41, 5.74) is 5.08. The maximum Gasteiger partial charge on any atom is 0.221 e. The largest absolute Gasteiger partial charge is 0.497 e. The summed E-state index contributed by atoms with van der Waals surface area (Å²) in [4.78, 5) is 20.8. The molecule has 1 amide bonds. The van der Waals surface area contributed by atoms with Crippen molar-refractivity contribution in [2.24, 2.45) is 0 Å². The molecule has 1 aliphatic heterocycles. The van der Waals surface area contributed by atoms with Crippen LogP contribution in [0.1, 0.15) is 47.6 Å². The van der Waals surface area contributed by atoms with Crippen molar-refractivity contribution in [2.75, 3.05) is 20.2 Å². The zero-order chi connectivity index (χ0) is 29.4. The number of carbonyl (C=O) groups excluding carboxylic acids is 1. The van der Waals surface area contributed by atoms with Gasteiger partial charge < -0.3 is 19.2 Å². The van der Waals surface area contributed by atoms with Crippen LogP contribution in [0.2, 0.25) is 0 Å².